The summed E-state index contributed by atoms with van der Waals surface area (Å²) in [7, 11) is -7.01. The van der Waals surface area contributed by atoms with Crippen molar-refractivity contribution in [3.8, 4) is 0 Å². The van der Waals surface area contributed by atoms with Gasteiger partial charge in [-0.3, -0.25) is 9.13 Å². The molecule has 22 heavy (non-hydrogen) atoms. The van der Waals surface area contributed by atoms with Crippen molar-refractivity contribution < 1.29 is 27.8 Å². The first-order valence-electron chi connectivity index (χ1n) is 8.16. The normalized spacial score (nSPS) is 16.4. The van der Waals surface area contributed by atoms with Gasteiger partial charge < -0.3 is 18.7 Å². The van der Waals surface area contributed by atoms with Gasteiger partial charge >= 0.3 is 7.60 Å². The van der Waals surface area contributed by atoms with Gasteiger partial charge in [0, 0.05) is 0 Å². The van der Waals surface area contributed by atoms with Crippen LogP contribution in [-0.4, -0.2) is 36.7 Å². The summed E-state index contributed by atoms with van der Waals surface area (Å²) in [5, 5.41) is 10.3. The lowest BCUT2D eigenvalue weighted by molar-refractivity contribution is 0.194. The summed E-state index contributed by atoms with van der Waals surface area (Å²) < 4.78 is 41.2. The molecule has 0 spiro atoms. The maximum atomic E-state index is 12.9. The Labute approximate surface area is 134 Å². The number of hydrogen-bond donors (Lipinski definition) is 1. The molecule has 0 aromatic heterocycles. The average Bonchev–Trinajstić information content (AvgIpc) is 2.43. The zero-order valence-electron chi connectivity index (χ0n) is 14.3. The molecule has 2 unspecified atom stereocenters. The smallest absolute Gasteiger partial charge is 0.340 e. The van der Waals surface area contributed by atoms with E-state index in [4.69, 9.17) is 13.6 Å². The van der Waals surface area contributed by atoms with Crippen LogP contribution in [-0.2, 0) is 22.7 Å². The van der Waals surface area contributed by atoms with Crippen LogP contribution >= 0.6 is 15.0 Å². The van der Waals surface area contributed by atoms with Crippen molar-refractivity contribution in [3.63, 3.8) is 0 Å². The van der Waals surface area contributed by atoms with E-state index < -0.39 is 20.8 Å². The molecule has 0 aliphatic carbocycles. The van der Waals surface area contributed by atoms with E-state index in [1.807, 2.05) is 0 Å². The van der Waals surface area contributed by atoms with E-state index in [1.54, 1.807) is 20.8 Å². The van der Waals surface area contributed by atoms with E-state index in [0.29, 0.717) is 6.42 Å². The Hall–Kier alpha value is 0.300. The molecule has 1 N–H and O–H groups in total. The lowest BCUT2D eigenvalue weighted by Crippen LogP contribution is -2.15. The van der Waals surface area contributed by atoms with Crippen molar-refractivity contribution >= 4 is 15.0 Å². The maximum Gasteiger partial charge on any atom is 0.340 e. The molecule has 2 atom stereocenters. The van der Waals surface area contributed by atoms with Gasteiger partial charge in [0.05, 0.1) is 19.8 Å². The maximum absolute atomic E-state index is 12.9. The van der Waals surface area contributed by atoms with Crippen LogP contribution < -0.4 is 0 Å². The minimum absolute atomic E-state index is 0.182. The number of rotatable bonds is 14. The van der Waals surface area contributed by atoms with Crippen LogP contribution in [0.15, 0.2) is 0 Å². The summed E-state index contributed by atoms with van der Waals surface area (Å²) in [4.78, 5) is 0. The molecule has 8 heteroatoms. The first-order valence-corrected chi connectivity index (χ1v) is 11.8. The SMILES string of the molecule is CCCCCCC(O)P(=O)(CP(=O)(OCC)OCC)OCC. The fourth-order valence-corrected chi connectivity index (χ4v) is 7.86. The summed E-state index contributed by atoms with van der Waals surface area (Å²) in [5.74, 6) is -1.50. The van der Waals surface area contributed by atoms with E-state index in [-0.39, 0.29) is 25.7 Å². The zero-order chi connectivity index (χ0) is 17.1. The molecular formula is C14H32O6P2. The molecule has 134 valence electrons. The highest BCUT2D eigenvalue weighted by Crippen LogP contribution is 2.65. The third-order valence-electron chi connectivity index (χ3n) is 3.14. The average molecular weight is 358 g/mol. The Kier molecular flexibility index (Phi) is 11.9. The van der Waals surface area contributed by atoms with Gasteiger partial charge in [-0.05, 0) is 27.2 Å². The van der Waals surface area contributed by atoms with Gasteiger partial charge in [0.1, 0.15) is 11.7 Å². The third-order valence-corrected chi connectivity index (χ3v) is 9.27. The first-order chi connectivity index (χ1) is 10.4. The molecular weight excluding hydrogens is 326 g/mol. The Bertz CT molecular complexity index is 364. The van der Waals surface area contributed by atoms with Crippen LogP contribution in [0.1, 0.15) is 59.8 Å². The Morgan fingerprint density at radius 2 is 1.41 bits per heavy atom. The van der Waals surface area contributed by atoms with Gasteiger partial charge in [-0.25, -0.2) is 0 Å². The van der Waals surface area contributed by atoms with Gasteiger partial charge in [-0.15, -0.1) is 0 Å². The van der Waals surface area contributed by atoms with Crippen molar-refractivity contribution in [1.82, 2.24) is 0 Å². The minimum atomic E-state index is -3.52. The summed E-state index contributed by atoms with van der Waals surface area (Å²) in [6.45, 7) is 7.75. The molecule has 0 amide bonds. The molecule has 0 aliphatic rings. The lowest BCUT2D eigenvalue weighted by Gasteiger charge is -2.26. The van der Waals surface area contributed by atoms with Crippen LogP contribution in [0.5, 0.6) is 0 Å². The van der Waals surface area contributed by atoms with Crippen LogP contribution in [0.3, 0.4) is 0 Å². The second-order valence-electron chi connectivity index (χ2n) is 5.06. The van der Waals surface area contributed by atoms with E-state index in [0.717, 1.165) is 25.7 Å². The van der Waals surface area contributed by atoms with E-state index >= 15 is 0 Å². The quantitative estimate of drug-likeness (QED) is 0.354. The number of unbranched alkanes of at least 4 members (excludes halogenated alkanes) is 3. The Morgan fingerprint density at radius 1 is 0.864 bits per heavy atom. The van der Waals surface area contributed by atoms with Gasteiger partial charge in [-0.2, -0.15) is 0 Å². The van der Waals surface area contributed by atoms with Crippen LogP contribution in [0.25, 0.3) is 0 Å². The number of aliphatic hydroxyl groups is 1. The van der Waals surface area contributed by atoms with Crippen LogP contribution in [0.2, 0.25) is 0 Å². The molecule has 0 fully saturated rings. The molecule has 0 aromatic carbocycles. The highest BCUT2D eigenvalue weighted by Gasteiger charge is 2.41. The molecule has 0 aromatic rings. The molecule has 0 saturated carbocycles. The highest BCUT2D eigenvalue weighted by atomic mass is 31.2. The van der Waals surface area contributed by atoms with Crippen LogP contribution in [0, 0.1) is 0 Å². The lowest BCUT2D eigenvalue weighted by atomic mass is 10.2. The summed E-state index contributed by atoms with van der Waals surface area (Å²) in [6.07, 6.45) is 4.26. The summed E-state index contributed by atoms with van der Waals surface area (Å²) in [5.41, 5.74) is 0. The Morgan fingerprint density at radius 3 is 1.86 bits per heavy atom. The van der Waals surface area contributed by atoms with Gasteiger partial charge in [0.25, 0.3) is 0 Å². The highest BCUT2D eigenvalue weighted by molar-refractivity contribution is 7.74. The molecule has 0 saturated heterocycles. The largest absolute Gasteiger partial charge is 0.383 e. The topological polar surface area (TPSA) is 82.1 Å². The molecule has 6 nitrogen and oxygen atoms in total. The van der Waals surface area contributed by atoms with Crippen LogP contribution in [0.4, 0.5) is 0 Å². The van der Waals surface area contributed by atoms with Crippen molar-refractivity contribution in [1.29, 1.82) is 0 Å². The van der Waals surface area contributed by atoms with E-state index in [2.05, 4.69) is 6.92 Å². The second-order valence-corrected chi connectivity index (χ2v) is 10.2. The van der Waals surface area contributed by atoms with Crippen molar-refractivity contribution in [2.45, 2.75) is 65.6 Å². The van der Waals surface area contributed by atoms with E-state index in [9.17, 15) is 14.2 Å². The predicted molar refractivity (Wildman–Crippen MR) is 89.7 cm³/mol. The van der Waals surface area contributed by atoms with Crippen molar-refractivity contribution in [2.24, 2.45) is 0 Å². The Balaban J connectivity index is 4.89. The summed E-state index contributed by atoms with van der Waals surface area (Å²) in [6, 6.07) is 0. The summed E-state index contributed by atoms with van der Waals surface area (Å²) >= 11 is 0. The molecule has 0 rings (SSSR count). The van der Waals surface area contributed by atoms with Gasteiger partial charge in [0.15, 0.2) is 0 Å². The first kappa shape index (κ1) is 22.3. The number of aliphatic hydroxyl groups excluding tert-OH is 1. The zero-order valence-corrected chi connectivity index (χ0v) is 16.1. The van der Waals surface area contributed by atoms with Gasteiger partial charge in [-0.1, -0.05) is 32.6 Å². The van der Waals surface area contributed by atoms with Crippen molar-refractivity contribution in [2.75, 3.05) is 25.7 Å². The monoisotopic (exact) mass is 358 g/mol. The minimum Gasteiger partial charge on any atom is -0.383 e. The molecule has 0 heterocycles. The fraction of sp³-hybridized carbons (Fsp3) is 1.00. The van der Waals surface area contributed by atoms with Gasteiger partial charge in [0.2, 0.25) is 7.37 Å². The number of hydrogen-bond acceptors (Lipinski definition) is 6. The fourth-order valence-electron chi connectivity index (χ4n) is 2.14. The second kappa shape index (κ2) is 11.8. The van der Waals surface area contributed by atoms with Crippen molar-refractivity contribution in [3.05, 3.63) is 0 Å². The molecule has 0 bridgehead atoms. The molecule has 0 radical (unpaired) electrons. The predicted octanol–water partition coefficient (Wildman–Crippen LogP) is 4.81. The standard InChI is InChI=1S/C14H32O6P2/c1-5-9-10-11-12-14(15)21(16,18-6-2)13-22(17,19-7-3)20-8-4/h14-15H,5-13H2,1-4H3. The molecule has 0 aliphatic heterocycles. The van der Waals surface area contributed by atoms with E-state index in [1.165, 1.54) is 0 Å². The third kappa shape index (κ3) is 8.24.